The van der Waals surface area contributed by atoms with Crippen LogP contribution in [0.4, 0.5) is 0 Å². The molecule has 0 spiro atoms. The van der Waals surface area contributed by atoms with Crippen molar-refractivity contribution < 1.29 is 0 Å². The van der Waals surface area contributed by atoms with E-state index in [0.29, 0.717) is 0 Å². The Morgan fingerprint density at radius 1 is 1.70 bits per heavy atom. The Morgan fingerprint density at radius 2 is 2.50 bits per heavy atom. The van der Waals surface area contributed by atoms with Crippen LogP contribution in [0.5, 0.6) is 0 Å². The number of nitrogens with zero attached hydrogens (tertiary/aromatic N) is 1. The molecule has 2 heteroatoms. The summed E-state index contributed by atoms with van der Waals surface area (Å²) < 4.78 is 0. The van der Waals surface area contributed by atoms with Crippen molar-refractivity contribution >= 4 is 17.8 Å². The molecule has 0 N–H and O–H groups in total. The van der Waals surface area contributed by atoms with Gasteiger partial charge in [-0.3, -0.25) is 4.98 Å². The van der Waals surface area contributed by atoms with E-state index in [9.17, 15) is 0 Å². The summed E-state index contributed by atoms with van der Waals surface area (Å²) in [6.45, 7) is 3.69. The second kappa shape index (κ2) is 3.42. The van der Waals surface area contributed by atoms with Gasteiger partial charge in [0.05, 0.1) is 0 Å². The molecular formula is C8H9NS. The number of pyridine rings is 1. The van der Waals surface area contributed by atoms with Crippen molar-refractivity contribution in [1.29, 1.82) is 0 Å². The van der Waals surface area contributed by atoms with Crippen LogP contribution in [0.3, 0.4) is 0 Å². The summed E-state index contributed by atoms with van der Waals surface area (Å²) in [6.07, 6.45) is 7.47. The molecule has 0 amide bonds. The number of thioether (sulfide) groups is 1. The normalized spacial score (nSPS) is 9.30. The van der Waals surface area contributed by atoms with Crippen molar-refractivity contribution in [3.05, 3.63) is 30.6 Å². The van der Waals surface area contributed by atoms with E-state index in [4.69, 9.17) is 0 Å². The molecule has 1 rings (SSSR count). The van der Waals surface area contributed by atoms with Crippen LogP contribution in [0.25, 0.3) is 6.08 Å². The maximum Gasteiger partial charge on any atom is 0.0351 e. The van der Waals surface area contributed by atoms with E-state index < -0.39 is 0 Å². The summed E-state index contributed by atoms with van der Waals surface area (Å²) in [6, 6.07) is 1.99. The van der Waals surface area contributed by atoms with Crippen molar-refractivity contribution in [3.8, 4) is 0 Å². The molecular weight excluding hydrogens is 142 g/mol. The minimum atomic E-state index is 1.11. The molecule has 0 unspecified atom stereocenters. The van der Waals surface area contributed by atoms with Gasteiger partial charge >= 0.3 is 0 Å². The van der Waals surface area contributed by atoms with Crippen LogP contribution in [0.15, 0.2) is 29.9 Å². The predicted octanol–water partition coefficient (Wildman–Crippen LogP) is 2.45. The summed E-state index contributed by atoms with van der Waals surface area (Å²) in [5.41, 5.74) is 1.11. The van der Waals surface area contributed by atoms with E-state index in [1.807, 2.05) is 24.6 Å². The van der Waals surface area contributed by atoms with Crippen molar-refractivity contribution in [2.75, 3.05) is 6.26 Å². The lowest BCUT2D eigenvalue weighted by Crippen LogP contribution is -1.78. The highest BCUT2D eigenvalue weighted by atomic mass is 32.2. The van der Waals surface area contributed by atoms with Crippen molar-refractivity contribution in [2.45, 2.75) is 4.90 Å². The molecule has 0 bridgehead atoms. The van der Waals surface area contributed by atoms with Crippen LogP contribution >= 0.6 is 11.8 Å². The highest BCUT2D eigenvalue weighted by Crippen LogP contribution is 2.18. The van der Waals surface area contributed by atoms with Gasteiger partial charge in [-0.25, -0.2) is 0 Å². The van der Waals surface area contributed by atoms with Gasteiger partial charge in [0.2, 0.25) is 0 Å². The molecule has 0 aliphatic carbocycles. The first kappa shape index (κ1) is 7.35. The average molecular weight is 151 g/mol. The highest BCUT2D eigenvalue weighted by molar-refractivity contribution is 7.98. The Balaban J connectivity index is 3.08. The zero-order valence-corrected chi connectivity index (χ0v) is 6.69. The van der Waals surface area contributed by atoms with Gasteiger partial charge in [-0.2, -0.15) is 0 Å². The second-order valence-corrected chi connectivity index (χ2v) is 2.67. The topological polar surface area (TPSA) is 12.9 Å². The molecule has 52 valence electrons. The number of hydrogen-bond acceptors (Lipinski definition) is 2. The van der Waals surface area contributed by atoms with Gasteiger partial charge in [-0.05, 0) is 12.3 Å². The number of hydrogen-bond donors (Lipinski definition) is 0. The lowest BCUT2D eigenvalue weighted by atomic mass is 10.3. The van der Waals surface area contributed by atoms with Gasteiger partial charge in [0.15, 0.2) is 0 Å². The molecule has 0 atom stereocenters. The van der Waals surface area contributed by atoms with Crippen LogP contribution in [0.2, 0.25) is 0 Å². The summed E-state index contributed by atoms with van der Waals surface area (Å²) in [5, 5.41) is 0. The molecule has 0 radical (unpaired) electrons. The molecule has 0 aromatic carbocycles. The minimum absolute atomic E-state index is 1.11. The smallest absolute Gasteiger partial charge is 0.0351 e. The summed E-state index contributed by atoms with van der Waals surface area (Å²) in [4.78, 5) is 5.21. The summed E-state index contributed by atoms with van der Waals surface area (Å²) in [5.74, 6) is 0. The predicted molar refractivity (Wildman–Crippen MR) is 46.1 cm³/mol. The van der Waals surface area contributed by atoms with Crippen LogP contribution in [0.1, 0.15) is 5.56 Å². The molecule has 10 heavy (non-hydrogen) atoms. The second-order valence-electron chi connectivity index (χ2n) is 1.82. The van der Waals surface area contributed by atoms with Crippen molar-refractivity contribution in [3.63, 3.8) is 0 Å². The van der Waals surface area contributed by atoms with Gasteiger partial charge in [-0.1, -0.05) is 12.7 Å². The fourth-order valence-corrected chi connectivity index (χ4v) is 1.30. The molecule has 0 saturated heterocycles. The first-order valence-corrected chi connectivity index (χ1v) is 4.21. The molecule has 0 fully saturated rings. The third kappa shape index (κ3) is 1.39. The molecule has 0 aliphatic heterocycles. The fraction of sp³-hybridized carbons (Fsp3) is 0.125. The van der Waals surface area contributed by atoms with Crippen LogP contribution in [-0.4, -0.2) is 11.2 Å². The first-order valence-electron chi connectivity index (χ1n) is 2.99. The van der Waals surface area contributed by atoms with E-state index in [0.717, 1.165) is 5.56 Å². The Morgan fingerprint density at radius 3 is 3.00 bits per heavy atom. The number of rotatable bonds is 2. The molecule has 1 aromatic heterocycles. The van der Waals surface area contributed by atoms with E-state index in [-0.39, 0.29) is 0 Å². The summed E-state index contributed by atoms with van der Waals surface area (Å²) >= 11 is 1.71. The Hall–Kier alpha value is -0.760. The van der Waals surface area contributed by atoms with Crippen molar-refractivity contribution in [1.82, 2.24) is 4.98 Å². The lowest BCUT2D eigenvalue weighted by molar-refractivity contribution is 1.25. The van der Waals surface area contributed by atoms with Gasteiger partial charge in [0.25, 0.3) is 0 Å². The third-order valence-electron chi connectivity index (χ3n) is 1.25. The maximum atomic E-state index is 3.98. The van der Waals surface area contributed by atoms with Crippen LogP contribution in [-0.2, 0) is 0 Å². The first-order chi connectivity index (χ1) is 4.88. The fourth-order valence-electron chi connectivity index (χ4n) is 0.733. The zero-order chi connectivity index (χ0) is 7.40. The van der Waals surface area contributed by atoms with E-state index in [2.05, 4.69) is 11.6 Å². The van der Waals surface area contributed by atoms with E-state index in [1.165, 1.54) is 4.90 Å². The van der Waals surface area contributed by atoms with Gasteiger partial charge in [0, 0.05) is 22.9 Å². The lowest BCUT2D eigenvalue weighted by Gasteiger charge is -1.98. The summed E-state index contributed by atoms with van der Waals surface area (Å²) in [7, 11) is 0. The van der Waals surface area contributed by atoms with Gasteiger partial charge < -0.3 is 0 Å². The molecule has 1 nitrogen and oxygen atoms in total. The van der Waals surface area contributed by atoms with Crippen LogP contribution in [0, 0.1) is 0 Å². The minimum Gasteiger partial charge on any atom is -0.264 e. The monoisotopic (exact) mass is 151 g/mol. The molecule has 1 aromatic rings. The largest absolute Gasteiger partial charge is 0.264 e. The SMILES string of the molecule is C=Cc1cnccc1SC. The Kier molecular flexibility index (Phi) is 2.51. The highest BCUT2D eigenvalue weighted by Gasteiger charge is 1.93. The molecule has 0 saturated carbocycles. The van der Waals surface area contributed by atoms with E-state index >= 15 is 0 Å². The Labute approximate surface area is 65.2 Å². The van der Waals surface area contributed by atoms with Crippen LogP contribution < -0.4 is 0 Å². The van der Waals surface area contributed by atoms with Crippen molar-refractivity contribution in [2.24, 2.45) is 0 Å². The Bertz CT molecular complexity index is 232. The molecule has 1 heterocycles. The van der Waals surface area contributed by atoms with E-state index in [1.54, 1.807) is 18.0 Å². The maximum absolute atomic E-state index is 3.98. The standard InChI is InChI=1S/C8H9NS/c1-3-7-6-9-5-4-8(7)10-2/h3-6H,1H2,2H3. The quantitative estimate of drug-likeness (QED) is 0.602. The average Bonchev–Trinajstić information content (AvgIpc) is 2.04. The molecule has 0 aliphatic rings. The zero-order valence-electron chi connectivity index (χ0n) is 5.87. The third-order valence-corrected chi connectivity index (χ3v) is 2.06. The van der Waals surface area contributed by atoms with Gasteiger partial charge in [-0.15, -0.1) is 11.8 Å². The van der Waals surface area contributed by atoms with Gasteiger partial charge in [0.1, 0.15) is 0 Å². The number of aromatic nitrogens is 1.